The summed E-state index contributed by atoms with van der Waals surface area (Å²) < 4.78 is 0. The van der Waals surface area contributed by atoms with Crippen molar-refractivity contribution in [3.8, 4) is 0 Å². The minimum atomic E-state index is -0.670. The number of hydrogen-bond donors (Lipinski definition) is 1. The summed E-state index contributed by atoms with van der Waals surface area (Å²) in [6, 6.07) is 0. The molecule has 2 aliphatic rings. The molecule has 1 atom stereocenters. The predicted octanol–water partition coefficient (Wildman–Crippen LogP) is 0.0247. The van der Waals surface area contributed by atoms with Gasteiger partial charge in [0.05, 0.1) is 12.1 Å². The summed E-state index contributed by atoms with van der Waals surface area (Å²) >= 11 is 0. The lowest BCUT2D eigenvalue weighted by Crippen LogP contribution is -2.51. The standard InChI is InChI=1S/C13H22N2O3/c1-13(18)5-2-6-14(10-13)9-12(17)15-7-3-11(16)4-8-15/h18H,2-10H2,1H3. The highest BCUT2D eigenvalue weighted by atomic mass is 16.3. The monoisotopic (exact) mass is 254 g/mol. The van der Waals surface area contributed by atoms with Gasteiger partial charge < -0.3 is 10.0 Å². The highest BCUT2D eigenvalue weighted by Gasteiger charge is 2.30. The van der Waals surface area contributed by atoms with Crippen LogP contribution in [0, 0.1) is 0 Å². The zero-order chi connectivity index (χ0) is 13.2. The molecule has 5 heteroatoms. The minimum Gasteiger partial charge on any atom is -0.389 e. The van der Waals surface area contributed by atoms with E-state index >= 15 is 0 Å². The molecule has 18 heavy (non-hydrogen) atoms. The van der Waals surface area contributed by atoms with Gasteiger partial charge in [-0.05, 0) is 26.3 Å². The first-order valence-electron chi connectivity index (χ1n) is 6.70. The Morgan fingerprint density at radius 2 is 2.00 bits per heavy atom. The average Bonchev–Trinajstić information content (AvgIpc) is 2.28. The third-order valence-corrected chi connectivity index (χ3v) is 3.79. The second-order valence-electron chi connectivity index (χ2n) is 5.73. The van der Waals surface area contributed by atoms with Crippen LogP contribution in [0.1, 0.15) is 32.6 Å². The van der Waals surface area contributed by atoms with E-state index in [-0.39, 0.29) is 11.7 Å². The first kappa shape index (κ1) is 13.5. The van der Waals surface area contributed by atoms with E-state index in [0.717, 1.165) is 19.4 Å². The van der Waals surface area contributed by atoms with E-state index in [1.807, 2.05) is 11.8 Å². The van der Waals surface area contributed by atoms with E-state index < -0.39 is 5.60 Å². The molecule has 0 radical (unpaired) electrons. The number of carbonyl (C=O) groups excluding carboxylic acids is 2. The van der Waals surface area contributed by atoms with Crippen molar-refractivity contribution in [3.63, 3.8) is 0 Å². The van der Waals surface area contributed by atoms with Gasteiger partial charge in [0.25, 0.3) is 0 Å². The number of aliphatic hydroxyl groups is 1. The molecule has 1 N–H and O–H groups in total. The molecule has 2 saturated heterocycles. The van der Waals surface area contributed by atoms with Crippen molar-refractivity contribution in [1.29, 1.82) is 0 Å². The number of ketones is 1. The summed E-state index contributed by atoms with van der Waals surface area (Å²) in [6.07, 6.45) is 2.71. The van der Waals surface area contributed by atoms with E-state index in [4.69, 9.17) is 0 Å². The van der Waals surface area contributed by atoms with Crippen molar-refractivity contribution in [2.24, 2.45) is 0 Å². The SMILES string of the molecule is CC1(O)CCCN(CC(=O)N2CCC(=O)CC2)C1. The Kier molecular flexibility index (Phi) is 4.02. The van der Waals surface area contributed by atoms with Gasteiger partial charge in [0.1, 0.15) is 5.78 Å². The molecule has 1 unspecified atom stereocenters. The Balaban J connectivity index is 1.82. The molecule has 0 saturated carbocycles. The minimum absolute atomic E-state index is 0.0835. The highest BCUT2D eigenvalue weighted by Crippen LogP contribution is 2.20. The summed E-state index contributed by atoms with van der Waals surface area (Å²) in [5, 5.41) is 9.99. The third kappa shape index (κ3) is 3.53. The fourth-order valence-electron chi connectivity index (χ4n) is 2.76. The van der Waals surface area contributed by atoms with Gasteiger partial charge in [0.2, 0.25) is 5.91 Å². The molecular weight excluding hydrogens is 232 g/mol. The summed E-state index contributed by atoms with van der Waals surface area (Å²) in [5.74, 6) is 0.333. The molecule has 0 aromatic rings. The van der Waals surface area contributed by atoms with Crippen molar-refractivity contribution in [3.05, 3.63) is 0 Å². The van der Waals surface area contributed by atoms with Gasteiger partial charge in [-0.1, -0.05) is 0 Å². The smallest absolute Gasteiger partial charge is 0.236 e. The van der Waals surface area contributed by atoms with E-state index in [0.29, 0.717) is 39.0 Å². The molecule has 0 aromatic carbocycles. The molecule has 0 spiro atoms. The van der Waals surface area contributed by atoms with Crippen LogP contribution in [-0.4, -0.2) is 64.9 Å². The van der Waals surface area contributed by atoms with Crippen molar-refractivity contribution in [1.82, 2.24) is 9.80 Å². The molecule has 2 heterocycles. The van der Waals surface area contributed by atoms with E-state index in [1.54, 1.807) is 4.90 Å². The second-order valence-corrected chi connectivity index (χ2v) is 5.73. The molecule has 2 rings (SSSR count). The molecule has 0 bridgehead atoms. The fourth-order valence-corrected chi connectivity index (χ4v) is 2.76. The predicted molar refractivity (Wildman–Crippen MR) is 67.1 cm³/mol. The third-order valence-electron chi connectivity index (χ3n) is 3.79. The number of amides is 1. The topological polar surface area (TPSA) is 60.9 Å². The Hall–Kier alpha value is -0.940. The summed E-state index contributed by atoms with van der Waals surface area (Å²) in [5.41, 5.74) is -0.670. The van der Waals surface area contributed by atoms with E-state index in [9.17, 15) is 14.7 Å². The Labute approximate surface area is 108 Å². The van der Waals surface area contributed by atoms with E-state index in [2.05, 4.69) is 0 Å². The molecular formula is C13H22N2O3. The maximum Gasteiger partial charge on any atom is 0.236 e. The summed E-state index contributed by atoms with van der Waals surface area (Å²) in [4.78, 5) is 27.0. The molecule has 2 fully saturated rings. The number of rotatable bonds is 2. The summed E-state index contributed by atoms with van der Waals surface area (Å²) in [7, 11) is 0. The largest absolute Gasteiger partial charge is 0.389 e. The van der Waals surface area contributed by atoms with Crippen molar-refractivity contribution >= 4 is 11.7 Å². The van der Waals surface area contributed by atoms with Crippen molar-refractivity contribution in [2.45, 2.75) is 38.2 Å². The number of hydrogen-bond acceptors (Lipinski definition) is 4. The molecule has 102 valence electrons. The number of Topliss-reactive ketones (excluding diaryl/α,β-unsaturated/α-hetero) is 1. The highest BCUT2D eigenvalue weighted by molar-refractivity contribution is 5.84. The number of piperidine rings is 2. The lowest BCUT2D eigenvalue weighted by molar-refractivity contribution is -0.136. The number of nitrogens with zero attached hydrogens (tertiary/aromatic N) is 2. The maximum atomic E-state index is 12.1. The zero-order valence-corrected chi connectivity index (χ0v) is 11.0. The second kappa shape index (κ2) is 5.36. The maximum absolute atomic E-state index is 12.1. The van der Waals surface area contributed by atoms with Crippen LogP contribution in [0.4, 0.5) is 0 Å². The molecule has 2 aliphatic heterocycles. The van der Waals surface area contributed by atoms with Crippen LogP contribution in [-0.2, 0) is 9.59 Å². The number of β-amino-alcohol motifs (C(OH)–C–C–N with tert-alkyl or cyclic N) is 1. The van der Waals surface area contributed by atoms with Gasteiger partial charge in [0, 0.05) is 32.5 Å². The first-order chi connectivity index (χ1) is 8.46. The van der Waals surface area contributed by atoms with Crippen LogP contribution >= 0.6 is 0 Å². The number of carbonyl (C=O) groups is 2. The first-order valence-corrected chi connectivity index (χ1v) is 6.70. The van der Waals surface area contributed by atoms with Gasteiger partial charge in [-0.3, -0.25) is 14.5 Å². The molecule has 0 aliphatic carbocycles. The Morgan fingerprint density at radius 3 is 2.61 bits per heavy atom. The van der Waals surface area contributed by atoms with Crippen molar-refractivity contribution in [2.75, 3.05) is 32.7 Å². The lowest BCUT2D eigenvalue weighted by atomic mass is 9.95. The van der Waals surface area contributed by atoms with Crippen LogP contribution in [0.5, 0.6) is 0 Å². The van der Waals surface area contributed by atoms with Crippen molar-refractivity contribution < 1.29 is 14.7 Å². The summed E-state index contributed by atoms with van der Waals surface area (Å²) in [6.45, 7) is 4.73. The Bertz CT molecular complexity index is 331. The van der Waals surface area contributed by atoms with E-state index in [1.165, 1.54) is 0 Å². The van der Waals surface area contributed by atoms with Gasteiger partial charge in [-0.2, -0.15) is 0 Å². The quantitative estimate of drug-likeness (QED) is 0.755. The molecule has 5 nitrogen and oxygen atoms in total. The molecule has 0 aromatic heterocycles. The average molecular weight is 254 g/mol. The van der Waals surface area contributed by atoms with Crippen LogP contribution in [0.15, 0.2) is 0 Å². The molecule has 1 amide bonds. The van der Waals surface area contributed by atoms with Crippen LogP contribution in [0.2, 0.25) is 0 Å². The van der Waals surface area contributed by atoms with Crippen LogP contribution in [0.25, 0.3) is 0 Å². The van der Waals surface area contributed by atoms with Gasteiger partial charge in [-0.15, -0.1) is 0 Å². The number of likely N-dealkylation sites (tertiary alicyclic amines) is 2. The van der Waals surface area contributed by atoms with Gasteiger partial charge in [-0.25, -0.2) is 0 Å². The van der Waals surface area contributed by atoms with Crippen LogP contribution < -0.4 is 0 Å². The van der Waals surface area contributed by atoms with Crippen LogP contribution in [0.3, 0.4) is 0 Å². The normalized spacial score (nSPS) is 30.6. The zero-order valence-electron chi connectivity index (χ0n) is 11.0. The lowest BCUT2D eigenvalue weighted by Gasteiger charge is -2.37. The van der Waals surface area contributed by atoms with Gasteiger partial charge >= 0.3 is 0 Å². The Morgan fingerprint density at radius 1 is 1.33 bits per heavy atom. The van der Waals surface area contributed by atoms with Gasteiger partial charge in [0.15, 0.2) is 0 Å². The fraction of sp³-hybridized carbons (Fsp3) is 0.846.